The van der Waals surface area contributed by atoms with Crippen molar-refractivity contribution >= 4 is 29.2 Å². The second-order valence-corrected chi connectivity index (χ2v) is 10.6. The average Bonchev–Trinajstić information content (AvgIpc) is 2.92. The Hall–Kier alpha value is -4.27. The monoisotopic (exact) mass is 573 g/mol. The summed E-state index contributed by atoms with van der Waals surface area (Å²) in [6, 6.07) is 18.1. The number of carbonyl (C=O) groups excluding carboxylic acids is 1. The van der Waals surface area contributed by atoms with Crippen LogP contribution in [0.15, 0.2) is 66.9 Å². The third-order valence-electron chi connectivity index (χ3n) is 7.54. The number of likely N-dealkylation sites (tertiary alicyclic amines) is 1. The van der Waals surface area contributed by atoms with Crippen molar-refractivity contribution in [2.45, 2.75) is 20.4 Å². The minimum absolute atomic E-state index is 0.257. The Kier molecular flexibility index (Phi) is 8.06. The van der Waals surface area contributed by atoms with E-state index in [2.05, 4.69) is 10.3 Å². The van der Waals surface area contributed by atoms with E-state index in [1.54, 1.807) is 12.1 Å². The van der Waals surface area contributed by atoms with E-state index in [1.807, 2.05) is 61.2 Å². The summed E-state index contributed by atoms with van der Waals surface area (Å²) in [7, 11) is 1.50. The number of hydrogen-bond acceptors (Lipinski definition) is 5. The Balaban J connectivity index is 1.44. The molecule has 5 rings (SSSR count). The number of pyridine rings is 1. The standard InChI is InChI=1S/C32H29ClFN3O4/c1-18-23(20-12-27(34)26(30(13-20)41-3)17-37-15-21(16-37)32(39)40)6-4-7-24(18)25-8-5-9-28(19(25)2)36-31(38)29-11-10-22(33)14-35-29/h4-14,21H,15-17H2,1-3H3,(H,36,38)(H,39,40). The van der Waals surface area contributed by atoms with Crippen molar-refractivity contribution in [1.82, 2.24) is 9.88 Å². The second-order valence-electron chi connectivity index (χ2n) is 10.1. The first kappa shape index (κ1) is 28.3. The number of carboxylic acid groups (broad SMARTS) is 1. The molecule has 0 bridgehead atoms. The lowest BCUT2D eigenvalue weighted by molar-refractivity contribution is -0.147. The summed E-state index contributed by atoms with van der Waals surface area (Å²) < 4.78 is 21.0. The summed E-state index contributed by atoms with van der Waals surface area (Å²) in [6.07, 6.45) is 1.43. The SMILES string of the molecule is COc1cc(-c2cccc(-c3cccc(NC(=O)c4ccc(Cl)cn4)c3C)c2C)cc(F)c1CN1CC(C(=O)O)C1. The van der Waals surface area contributed by atoms with Crippen molar-refractivity contribution in [3.8, 4) is 28.0 Å². The van der Waals surface area contributed by atoms with Crippen molar-refractivity contribution in [3.05, 3.63) is 100 Å². The third-order valence-corrected chi connectivity index (χ3v) is 7.76. The average molecular weight is 574 g/mol. The van der Waals surface area contributed by atoms with E-state index >= 15 is 4.39 Å². The molecule has 9 heteroatoms. The fourth-order valence-corrected chi connectivity index (χ4v) is 5.29. The Labute approximate surface area is 242 Å². The van der Waals surface area contributed by atoms with Gasteiger partial charge in [-0.15, -0.1) is 0 Å². The van der Waals surface area contributed by atoms with Gasteiger partial charge in [0.05, 0.1) is 18.1 Å². The lowest BCUT2D eigenvalue weighted by Gasteiger charge is -2.36. The maximum absolute atomic E-state index is 15.4. The molecule has 2 N–H and O–H groups in total. The maximum atomic E-state index is 15.4. The van der Waals surface area contributed by atoms with Crippen LogP contribution in [0.4, 0.5) is 10.1 Å². The molecule has 0 saturated carbocycles. The van der Waals surface area contributed by atoms with Gasteiger partial charge in [-0.1, -0.05) is 41.9 Å². The number of halogens is 2. The van der Waals surface area contributed by atoms with Gasteiger partial charge in [-0.3, -0.25) is 14.5 Å². The number of ether oxygens (including phenoxy) is 1. The molecule has 0 spiro atoms. The molecule has 0 unspecified atom stereocenters. The van der Waals surface area contributed by atoms with Crippen molar-refractivity contribution < 1.29 is 23.8 Å². The Morgan fingerprint density at radius 2 is 1.73 bits per heavy atom. The molecule has 1 fully saturated rings. The van der Waals surface area contributed by atoms with Gasteiger partial charge in [-0.25, -0.2) is 9.37 Å². The number of nitrogens with zero attached hydrogens (tertiary/aromatic N) is 2. The van der Waals surface area contributed by atoms with E-state index < -0.39 is 17.7 Å². The number of carbonyl (C=O) groups is 2. The van der Waals surface area contributed by atoms with Crippen LogP contribution in [0, 0.1) is 25.6 Å². The van der Waals surface area contributed by atoms with Crippen LogP contribution in [0.3, 0.4) is 0 Å². The summed E-state index contributed by atoms with van der Waals surface area (Å²) in [5.74, 6) is -1.58. The first-order valence-electron chi connectivity index (χ1n) is 13.1. The zero-order valence-corrected chi connectivity index (χ0v) is 23.6. The Morgan fingerprint density at radius 3 is 2.39 bits per heavy atom. The van der Waals surface area contributed by atoms with Gasteiger partial charge in [0, 0.05) is 37.1 Å². The highest BCUT2D eigenvalue weighted by Gasteiger charge is 2.33. The molecule has 1 aromatic heterocycles. The van der Waals surface area contributed by atoms with E-state index in [0.717, 1.165) is 27.8 Å². The number of methoxy groups -OCH3 is 1. The van der Waals surface area contributed by atoms with Gasteiger partial charge in [0.1, 0.15) is 17.3 Å². The number of rotatable bonds is 8. The van der Waals surface area contributed by atoms with Crippen molar-refractivity contribution in [2.24, 2.45) is 5.92 Å². The predicted octanol–water partition coefficient (Wildman–Crippen LogP) is 6.60. The quantitative estimate of drug-likeness (QED) is 0.247. The highest BCUT2D eigenvalue weighted by Crippen LogP contribution is 2.38. The summed E-state index contributed by atoms with van der Waals surface area (Å²) in [5, 5.41) is 12.5. The summed E-state index contributed by atoms with van der Waals surface area (Å²) in [5.41, 5.74) is 6.54. The van der Waals surface area contributed by atoms with Crippen LogP contribution in [0.5, 0.6) is 5.75 Å². The molecule has 1 aliphatic heterocycles. The van der Waals surface area contributed by atoms with Gasteiger partial charge in [-0.05, 0) is 77.6 Å². The molecule has 1 aliphatic rings. The molecule has 41 heavy (non-hydrogen) atoms. The van der Waals surface area contributed by atoms with E-state index in [9.17, 15) is 9.59 Å². The van der Waals surface area contributed by atoms with Gasteiger partial charge in [0.15, 0.2) is 0 Å². The van der Waals surface area contributed by atoms with Crippen LogP contribution in [0.25, 0.3) is 22.3 Å². The number of carboxylic acids is 1. The van der Waals surface area contributed by atoms with Gasteiger partial charge in [-0.2, -0.15) is 0 Å². The highest BCUT2D eigenvalue weighted by molar-refractivity contribution is 6.30. The summed E-state index contributed by atoms with van der Waals surface area (Å²) in [4.78, 5) is 29.9. The Bertz CT molecular complexity index is 1640. The molecule has 1 saturated heterocycles. The fourth-order valence-electron chi connectivity index (χ4n) is 5.18. The van der Waals surface area contributed by atoms with Crippen molar-refractivity contribution in [2.75, 3.05) is 25.5 Å². The number of amides is 1. The van der Waals surface area contributed by atoms with Crippen molar-refractivity contribution in [3.63, 3.8) is 0 Å². The molecular weight excluding hydrogens is 545 g/mol. The molecule has 0 radical (unpaired) electrons. The van der Waals surface area contributed by atoms with Crippen LogP contribution in [0.2, 0.25) is 5.02 Å². The van der Waals surface area contributed by atoms with Gasteiger partial charge >= 0.3 is 5.97 Å². The summed E-state index contributed by atoms with van der Waals surface area (Å²) in [6.45, 7) is 4.97. The molecule has 2 heterocycles. The number of hydrogen-bond donors (Lipinski definition) is 2. The molecule has 7 nitrogen and oxygen atoms in total. The van der Waals surface area contributed by atoms with Crippen LogP contribution in [0.1, 0.15) is 27.2 Å². The van der Waals surface area contributed by atoms with E-state index in [0.29, 0.717) is 40.7 Å². The lowest BCUT2D eigenvalue weighted by atomic mass is 9.90. The van der Waals surface area contributed by atoms with Crippen LogP contribution >= 0.6 is 11.6 Å². The third kappa shape index (κ3) is 5.80. The molecule has 210 valence electrons. The minimum Gasteiger partial charge on any atom is -0.496 e. The van der Waals surface area contributed by atoms with E-state index in [-0.39, 0.29) is 18.1 Å². The zero-order chi connectivity index (χ0) is 29.3. The van der Waals surface area contributed by atoms with Crippen molar-refractivity contribution in [1.29, 1.82) is 0 Å². The van der Waals surface area contributed by atoms with Crippen LogP contribution < -0.4 is 10.1 Å². The molecular formula is C32H29ClFN3O4. The first-order chi connectivity index (χ1) is 19.7. The van der Waals surface area contributed by atoms with Crippen LogP contribution in [-0.4, -0.2) is 47.1 Å². The molecule has 0 aliphatic carbocycles. The smallest absolute Gasteiger partial charge is 0.309 e. The largest absolute Gasteiger partial charge is 0.496 e. The summed E-state index contributed by atoms with van der Waals surface area (Å²) >= 11 is 5.90. The number of benzene rings is 3. The van der Waals surface area contributed by atoms with Crippen LogP contribution in [-0.2, 0) is 11.3 Å². The minimum atomic E-state index is -0.832. The van der Waals surface area contributed by atoms with Gasteiger partial charge in [0.25, 0.3) is 5.91 Å². The number of nitrogens with one attached hydrogen (secondary N) is 1. The van der Waals surface area contributed by atoms with Gasteiger partial charge in [0.2, 0.25) is 0 Å². The first-order valence-corrected chi connectivity index (χ1v) is 13.5. The zero-order valence-electron chi connectivity index (χ0n) is 22.9. The molecule has 3 aromatic carbocycles. The number of aromatic nitrogens is 1. The Morgan fingerprint density at radius 1 is 1.05 bits per heavy atom. The fraction of sp³-hybridized carbons (Fsp3) is 0.219. The molecule has 4 aromatic rings. The lowest BCUT2D eigenvalue weighted by Crippen LogP contribution is -2.49. The maximum Gasteiger partial charge on any atom is 0.309 e. The normalized spacial score (nSPS) is 13.5. The molecule has 1 amide bonds. The van der Waals surface area contributed by atoms with E-state index in [4.69, 9.17) is 21.4 Å². The topological polar surface area (TPSA) is 91.8 Å². The van der Waals surface area contributed by atoms with E-state index in [1.165, 1.54) is 19.4 Å². The highest BCUT2D eigenvalue weighted by atomic mass is 35.5. The predicted molar refractivity (Wildman–Crippen MR) is 157 cm³/mol. The van der Waals surface area contributed by atoms with Gasteiger partial charge < -0.3 is 15.2 Å². The number of aliphatic carboxylic acids is 1. The molecule has 0 atom stereocenters. The number of anilines is 1. The second kappa shape index (κ2) is 11.7.